The highest BCUT2D eigenvalue weighted by molar-refractivity contribution is 7.83. The zero-order chi connectivity index (χ0) is 13.5. The van der Waals surface area contributed by atoms with Gasteiger partial charge in [0.1, 0.15) is 5.69 Å². The smallest absolute Gasteiger partial charge is 0.397 e. The molecule has 2 heterocycles. The number of alkyl halides is 3. The van der Waals surface area contributed by atoms with Crippen LogP contribution in [0.15, 0.2) is 23.7 Å². The fourth-order valence-electron chi connectivity index (χ4n) is 1.57. The highest BCUT2D eigenvalue weighted by atomic mass is 35.5. The zero-order valence-electron chi connectivity index (χ0n) is 8.74. The molecule has 2 rings (SSSR count). The van der Waals surface area contributed by atoms with Crippen LogP contribution in [0, 0.1) is 0 Å². The number of rotatable bonds is 1. The lowest BCUT2D eigenvalue weighted by molar-refractivity contribution is -0.141. The Labute approximate surface area is 110 Å². The van der Waals surface area contributed by atoms with Gasteiger partial charge >= 0.3 is 6.18 Å². The Kier molecular flexibility index (Phi) is 3.20. The van der Waals surface area contributed by atoms with Gasteiger partial charge in [-0.15, -0.1) is 12.6 Å². The van der Waals surface area contributed by atoms with Crippen LogP contribution in [0.2, 0.25) is 5.02 Å². The second-order valence-corrected chi connectivity index (χ2v) is 4.11. The van der Waals surface area contributed by atoms with Gasteiger partial charge < -0.3 is 5.73 Å². The van der Waals surface area contributed by atoms with E-state index in [9.17, 15) is 13.2 Å². The molecule has 0 aliphatic carbocycles. The summed E-state index contributed by atoms with van der Waals surface area (Å²) in [6, 6.07) is 2.96. The highest BCUT2D eigenvalue weighted by Gasteiger charge is 2.38. The SMILES string of the molecule is N/C(=C\S)c1c(C(F)(F)F)nc2c(Cl)cccn12. The fourth-order valence-corrected chi connectivity index (χ4v) is 1.90. The van der Waals surface area contributed by atoms with E-state index in [1.54, 1.807) is 0 Å². The van der Waals surface area contributed by atoms with Crippen molar-refractivity contribution >= 4 is 35.6 Å². The average Bonchev–Trinajstić information content (AvgIpc) is 2.68. The maximum Gasteiger partial charge on any atom is 0.435 e. The first-order valence-corrected chi connectivity index (χ1v) is 5.59. The Bertz CT molecular complexity index is 633. The Morgan fingerprint density at radius 3 is 2.72 bits per heavy atom. The molecular weight excluding hydrogens is 287 g/mol. The zero-order valence-corrected chi connectivity index (χ0v) is 10.4. The van der Waals surface area contributed by atoms with Gasteiger partial charge in [-0.2, -0.15) is 13.2 Å². The number of nitrogens with two attached hydrogens (primary N) is 1. The van der Waals surface area contributed by atoms with E-state index in [1.807, 2.05) is 0 Å². The second kappa shape index (κ2) is 4.40. The lowest BCUT2D eigenvalue weighted by Gasteiger charge is -2.07. The topological polar surface area (TPSA) is 43.3 Å². The number of halogens is 4. The van der Waals surface area contributed by atoms with Gasteiger partial charge in [0.2, 0.25) is 0 Å². The molecule has 0 saturated heterocycles. The molecule has 0 spiro atoms. The Balaban J connectivity index is 2.90. The molecule has 2 aromatic heterocycles. The van der Waals surface area contributed by atoms with Crippen molar-refractivity contribution in [3.05, 3.63) is 40.1 Å². The molecule has 0 aliphatic heterocycles. The van der Waals surface area contributed by atoms with Crippen LogP contribution in [0.3, 0.4) is 0 Å². The van der Waals surface area contributed by atoms with Crippen molar-refractivity contribution in [2.45, 2.75) is 6.18 Å². The lowest BCUT2D eigenvalue weighted by Crippen LogP contribution is -2.12. The fraction of sp³-hybridized carbons (Fsp3) is 0.100. The normalized spacial score (nSPS) is 13.3. The number of imidazole rings is 1. The minimum Gasteiger partial charge on any atom is -0.397 e. The third kappa shape index (κ3) is 2.04. The van der Waals surface area contributed by atoms with Crippen molar-refractivity contribution in [2.75, 3.05) is 0 Å². The summed E-state index contributed by atoms with van der Waals surface area (Å²) >= 11 is 9.58. The van der Waals surface area contributed by atoms with E-state index in [1.165, 1.54) is 22.7 Å². The van der Waals surface area contributed by atoms with E-state index < -0.39 is 11.9 Å². The van der Waals surface area contributed by atoms with Gasteiger partial charge in [0.15, 0.2) is 11.3 Å². The van der Waals surface area contributed by atoms with E-state index in [4.69, 9.17) is 17.3 Å². The molecule has 0 saturated carbocycles. The van der Waals surface area contributed by atoms with Gasteiger partial charge in [-0.1, -0.05) is 11.6 Å². The van der Waals surface area contributed by atoms with Crippen LogP contribution >= 0.6 is 24.2 Å². The molecule has 0 amide bonds. The molecule has 18 heavy (non-hydrogen) atoms. The summed E-state index contributed by atoms with van der Waals surface area (Å²) in [5.41, 5.74) is 4.04. The maximum atomic E-state index is 12.9. The summed E-state index contributed by atoms with van der Waals surface area (Å²) in [5, 5.41) is 1.20. The number of hydrogen-bond donors (Lipinski definition) is 2. The monoisotopic (exact) mass is 293 g/mol. The predicted octanol–water partition coefficient (Wildman–Crippen LogP) is 3.19. The minimum atomic E-state index is -4.62. The van der Waals surface area contributed by atoms with Gasteiger partial charge in [-0.3, -0.25) is 4.40 Å². The number of aromatic nitrogens is 2. The van der Waals surface area contributed by atoms with Crippen molar-refractivity contribution in [1.29, 1.82) is 0 Å². The second-order valence-electron chi connectivity index (χ2n) is 3.44. The Hall–Kier alpha value is -1.34. The van der Waals surface area contributed by atoms with Crippen molar-refractivity contribution in [3.63, 3.8) is 0 Å². The molecular formula is C10H7ClF3N3S. The van der Waals surface area contributed by atoms with E-state index in [0.29, 0.717) is 0 Å². The molecule has 0 radical (unpaired) electrons. The van der Waals surface area contributed by atoms with E-state index in [0.717, 1.165) is 5.41 Å². The molecule has 0 fully saturated rings. The van der Waals surface area contributed by atoms with Gasteiger partial charge in [-0.25, -0.2) is 4.98 Å². The summed E-state index contributed by atoms with van der Waals surface area (Å²) in [4.78, 5) is 3.50. The number of nitrogens with zero attached hydrogens (tertiary/aromatic N) is 2. The molecule has 0 atom stereocenters. The van der Waals surface area contributed by atoms with E-state index in [2.05, 4.69) is 17.6 Å². The molecule has 8 heteroatoms. The van der Waals surface area contributed by atoms with Crippen LogP contribution in [0.4, 0.5) is 13.2 Å². The summed E-state index contributed by atoms with van der Waals surface area (Å²) < 4.78 is 39.9. The maximum absolute atomic E-state index is 12.9. The molecule has 96 valence electrons. The lowest BCUT2D eigenvalue weighted by atomic mass is 10.2. The average molecular weight is 294 g/mol. The van der Waals surface area contributed by atoms with Crippen LogP contribution in [-0.4, -0.2) is 9.38 Å². The van der Waals surface area contributed by atoms with Crippen molar-refractivity contribution in [3.8, 4) is 0 Å². The minimum absolute atomic E-state index is 0.000347. The van der Waals surface area contributed by atoms with Gasteiger partial charge in [0.05, 0.1) is 10.7 Å². The third-order valence-corrected chi connectivity index (χ3v) is 2.86. The quantitative estimate of drug-likeness (QED) is 0.793. The van der Waals surface area contributed by atoms with Gasteiger partial charge in [-0.05, 0) is 17.5 Å². The van der Waals surface area contributed by atoms with E-state index >= 15 is 0 Å². The molecule has 0 aromatic carbocycles. The molecule has 0 aliphatic rings. The summed E-state index contributed by atoms with van der Waals surface area (Å²) in [6.45, 7) is 0. The first-order chi connectivity index (χ1) is 8.36. The van der Waals surface area contributed by atoms with Crippen molar-refractivity contribution in [2.24, 2.45) is 5.73 Å². The van der Waals surface area contributed by atoms with Crippen LogP contribution < -0.4 is 5.73 Å². The number of thiol groups is 1. The first-order valence-electron chi connectivity index (χ1n) is 4.70. The third-order valence-electron chi connectivity index (χ3n) is 2.28. The molecule has 2 N–H and O–H groups in total. The van der Waals surface area contributed by atoms with Crippen LogP contribution in [-0.2, 0) is 6.18 Å². The van der Waals surface area contributed by atoms with Crippen molar-refractivity contribution < 1.29 is 13.2 Å². The predicted molar refractivity (Wildman–Crippen MR) is 66.4 cm³/mol. The van der Waals surface area contributed by atoms with E-state index in [-0.39, 0.29) is 22.1 Å². The molecule has 2 aromatic rings. The standard InChI is InChI=1S/C10H7ClF3N3S/c11-5-2-1-3-17-7(6(15)4-18)8(10(12,13)14)16-9(5)17/h1-4,18H,15H2/b6-4-. The molecule has 3 nitrogen and oxygen atoms in total. The van der Waals surface area contributed by atoms with Crippen LogP contribution in [0.25, 0.3) is 11.3 Å². The van der Waals surface area contributed by atoms with Crippen LogP contribution in [0.1, 0.15) is 11.4 Å². The molecule has 0 bridgehead atoms. The molecule has 0 unspecified atom stereocenters. The summed E-state index contributed by atoms with van der Waals surface area (Å²) in [6.07, 6.45) is -3.21. The number of fused-ring (bicyclic) bond motifs is 1. The highest BCUT2D eigenvalue weighted by Crippen LogP contribution is 2.35. The number of pyridine rings is 1. The number of hydrogen-bond acceptors (Lipinski definition) is 3. The van der Waals surface area contributed by atoms with Crippen molar-refractivity contribution in [1.82, 2.24) is 9.38 Å². The summed E-state index contributed by atoms with van der Waals surface area (Å²) in [7, 11) is 0. The Morgan fingerprint density at radius 2 is 2.17 bits per heavy atom. The van der Waals surface area contributed by atoms with Gasteiger partial charge in [0.25, 0.3) is 0 Å². The van der Waals surface area contributed by atoms with Gasteiger partial charge in [0, 0.05) is 6.20 Å². The summed E-state index contributed by atoms with van der Waals surface area (Å²) in [5.74, 6) is 0. The largest absolute Gasteiger partial charge is 0.435 e. The van der Waals surface area contributed by atoms with Crippen LogP contribution in [0.5, 0.6) is 0 Å². The first kappa shape index (κ1) is 13.1. The Morgan fingerprint density at radius 1 is 1.50 bits per heavy atom.